The summed E-state index contributed by atoms with van der Waals surface area (Å²) in [7, 11) is -3.68. The van der Waals surface area contributed by atoms with Crippen molar-refractivity contribution >= 4 is 20.9 Å². The molecule has 0 fully saturated rings. The fourth-order valence-corrected chi connectivity index (χ4v) is 3.99. The van der Waals surface area contributed by atoms with E-state index in [0.29, 0.717) is 16.8 Å². The van der Waals surface area contributed by atoms with Crippen molar-refractivity contribution in [1.29, 1.82) is 0 Å². The second kappa shape index (κ2) is 5.10. The average molecular weight is 324 g/mol. The van der Waals surface area contributed by atoms with Crippen molar-refractivity contribution in [2.45, 2.75) is 4.90 Å². The van der Waals surface area contributed by atoms with Crippen molar-refractivity contribution in [2.75, 3.05) is 0 Å². The number of fused-ring (bicyclic) bond motifs is 1. The topological polar surface area (TPSA) is 65.1 Å². The van der Waals surface area contributed by atoms with Crippen LogP contribution in [0.2, 0.25) is 0 Å². The van der Waals surface area contributed by atoms with Crippen LogP contribution in [-0.4, -0.2) is 17.4 Å². The fourth-order valence-electron chi connectivity index (χ4n) is 2.60. The van der Waals surface area contributed by atoms with Gasteiger partial charge in [0.25, 0.3) is 10.0 Å². The number of para-hydroxylation sites is 1. The number of oxazole rings is 1. The molecule has 4 aromatic rings. The summed E-state index contributed by atoms with van der Waals surface area (Å²) in [6, 6.07) is 15.7. The largest absolute Gasteiger partial charge is 0.443 e. The first-order valence-electron chi connectivity index (χ1n) is 6.97. The molecule has 0 amide bonds. The number of benzene rings is 2. The Hall–Kier alpha value is -2.86. The molecule has 6 heteroatoms. The molecule has 0 aliphatic rings. The first-order chi connectivity index (χ1) is 11.2. The number of nitrogens with zero attached hydrogens (tertiary/aromatic N) is 2. The molecule has 0 spiro atoms. The summed E-state index contributed by atoms with van der Waals surface area (Å²) in [6.45, 7) is 0. The van der Waals surface area contributed by atoms with E-state index in [1.807, 2.05) is 18.2 Å². The van der Waals surface area contributed by atoms with E-state index in [2.05, 4.69) is 4.98 Å². The van der Waals surface area contributed by atoms with Crippen molar-refractivity contribution in [1.82, 2.24) is 8.96 Å². The molecule has 2 aromatic carbocycles. The summed E-state index contributed by atoms with van der Waals surface area (Å²) in [5, 5.41) is 0.795. The maximum absolute atomic E-state index is 12.9. The second-order valence-corrected chi connectivity index (χ2v) is 6.85. The van der Waals surface area contributed by atoms with E-state index in [1.165, 1.54) is 10.4 Å². The third-order valence-corrected chi connectivity index (χ3v) is 5.36. The molecule has 5 nitrogen and oxygen atoms in total. The van der Waals surface area contributed by atoms with Gasteiger partial charge in [-0.1, -0.05) is 36.4 Å². The lowest BCUT2D eigenvalue weighted by molar-refractivity contribution is 0.572. The van der Waals surface area contributed by atoms with Gasteiger partial charge in [0.15, 0.2) is 12.2 Å². The molecule has 2 aromatic heterocycles. The van der Waals surface area contributed by atoms with Gasteiger partial charge in [-0.05, 0) is 18.2 Å². The Morgan fingerprint density at radius 3 is 2.43 bits per heavy atom. The highest BCUT2D eigenvalue weighted by molar-refractivity contribution is 7.90. The first-order valence-corrected chi connectivity index (χ1v) is 8.41. The van der Waals surface area contributed by atoms with Gasteiger partial charge in [0.2, 0.25) is 0 Å². The van der Waals surface area contributed by atoms with Gasteiger partial charge in [-0.25, -0.2) is 17.4 Å². The smallest absolute Gasteiger partial charge is 0.268 e. The molecule has 0 bridgehead atoms. The highest BCUT2D eigenvalue weighted by Gasteiger charge is 2.22. The normalized spacial score (nSPS) is 11.8. The predicted octanol–water partition coefficient (Wildman–Crippen LogP) is 3.53. The molecule has 0 atom stereocenters. The Balaban J connectivity index is 2.02. The summed E-state index contributed by atoms with van der Waals surface area (Å²) in [5.74, 6) is 0.531. The zero-order valence-electron chi connectivity index (χ0n) is 12.0. The molecule has 0 saturated heterocycles. The van der Waals surface area contributed by atoms with Crippen LogP contribution in [-0.2, 0) is 10.0 Å². The van der Waals surface area contributed by atoms with Gasteiger partial charge in [0.1, 0.15) is 0 Å². The number of hydrogen-bond acceptors (Lipinski definition) is 4. The van der Waals surface area contributed by atoms with Gasteiger partial charge in [-0.2, -0.15) is 0 Å². The van der Waals surface area contributed by atoms with Crippen molar-refractivity contribution < 1.29 is 12.8 Å². The van der Waals surface area contributed by atoms with Crippen LogP contribution in [0.3, 0.4) is 0 Å². The molecule has 0 saturated carbocycles. The molecule has 114 valence electrons. The van der Waals surface area contributed by atoms with Crippen LogP contribution in [0.1, 0.15) is 0 Å². The van der Waals surface area contributed by atoms with E-state index in [9.17, 15) is 8.42 Å². The lowest BCUT2D eigenvalue weighted by atomic mass is 10.1. The summed E-state index contributed by atoms with van der Waals surface area (Å²) < 4.78 is 32.5. The molecule has 4 rings (SSSR count). The zero-order valence-corrected chi connectivity index (χ0v) is 12.8. The first kappa shape index (κ1) is 13.8. The predicted molar refractivity (Wildman–Crippen MR) is 86.5 cm³/mol. The van der Waals surface area contributed by atoms with Crippen LogP contribution in [0.4, 0.5) is 0 Å². The van der Waals surface area contributed by atoms with Crippen molar-refractivity contribution in [2.24, 2.45) is 0 Å². The Kier molecular flexibility index (Phi) is 3.06. The Morgan fingerprint density at radius 1 is 0.957 bits per heavy atom. The molecule has 2 heterocycles. The fraction of sp³-hybridized carbons (Fsp3) is 0. The lowest BCUT2D eigenvalue weighted by Gasteiger charge is -2.07. The molecule has 0 radical (unpaired) electrons. The molecule has 0 unspecified atom stereocenters. The third kappa shape index (κ3) is 2.15. The Bertz CT molecular complexity index is 1070. The lowest BCUT2D eigenvalue weighted by Crippen LogP contribution is -2.11. The van der Waals surface area contributed by atoms with E-state index >= 15 is 0 Å². The standard InChI is InChI=1S/C17H12N2O3S/c20-23(21,13-6-2-1-3-7-13)19-11-15(17-10-18-12-22-17)14-8-4-5-9-16(14)19/h1-12H. The van der Waals surface area contributed by atoms with E-state index in [1.54, 1.807) is 48.8 Å². The quantitative estimate of drug-likeness (QED) is 0.578. The van der Waals surface area contributed by atoms with Gasteiger partial charge in [-0.3, -0.25) is 0 Å². The summed E-state index contributed by atoms with van der Waals surface area (Å²) in [4.78, 5) is 4.15. The van der Waals surface area contributed by atoms with Gasteiger partial charge in [0.05, 0.1) is 16.6 Å². The third-order valence-electron chi connectivity index (χ3n) is 3.68. The van der Waals surface area contributed by atoms with Crippen molar-refractivity contribution in [3.05, 3.63) is 73.4 Å². The molecular weight excluding hydrogens is 312 g/mol. The highest BCUT2D eigenvalue weighted by Crippen LogP contribution is 2.32. The summed E-state index contributed by atoms with van der Waals surface area (Å²) in [6.07, 6.45) is 4.47. The Labute approximate surface area is 132 Å². The van der Waals surface area contributed by atoms with E-state index in [4.69, 9.17) is 4.42 Å². The number of rotatable bonds is 3. The van der Waals surface area contributed by atoms with Crippen LogP contribution in [0, 0.1) is 0 Å². The minimum absolute atomic E-state index is 0.241. The maximum atomic E-state index is 12.9. The van der Waals surface area contributed by atoms with Crippen molar-refractivity contribution in [3.63, 3.8) is 0 Å². The van der Waals surface area contributed by atoms with Gasteiger partial charge in [-0.15, -0.1) is 0 Å². The molecular formula is C17H12N2O3S. The SMILES string of the molecule is O=S(=O)(c1ccccc1)n1cc(-c2cnco2)c2ccccc21. The molecule has 0 aliphatic heterocycles. The van der Waals surface area contributed by atoms with E-state index < -0.39 is 10.0 Å². The van der Waals surface area contributed by atoms with Crippen LogP contribution < -0.4 is 0 Å². The highest BCUT2D eigenvalue weighted by atomic mass is 32.2. The second-order valence-electron chi connectivity index (χ2n) is 5.04. The minimum Gasteiger partial charge on any atom is -0.443 e. The van der Waals surface area contributed by atoms with Gasteiger partial charge < -0.3 is 4.42 Å². The number of aromatic nitrogens is 2. The molecule has 0 aliphatic carbocycles. The van der Waals surface area contributed by atoms with Gasteiger partial charge >= 0.3 is 0 Å². The van der Waals surface area contributed by atoms with Crippen LogP contribution in [0.25, 0.3) is 22.2 Å². The monoisotopic (exact) mass is 324 g/mol. The minimum atomic E-state index is -3.68. The molecule has 23 heavy (non-hydrogen) atoms. The zero-order chi connectivity index (χ0) is 15.9. The summed E-state index contributed by atoms with van der Waals surface area (Å²) >= 11 is 0. The van der Waals surface area contributed by atoms with Crippen molar-refractivity contribution in [3.8, 4) is 11.3 Å². The van der Waals surface area contributed by atoms with E-state index in [0.717, 1.165) is 5.39 Å². The Morgan fingerprint density at radius 2 is 1.70 bits per heavy atom. The molecule has 0 N–H and O–H groups in total. The van der Waals surface area contributed by atoms with Crippen LogP contribution >= 0.6 is 0 Å². The van der Waals surface area contributed by atoms with Crippen LogP contribution in [0.5, 0.6) is 0 Å². The number of hydrogen-bond donors (Lipinski definition) is 0. The average Bonchev–Trinajstić information content (AvgIpc) is 3.23. The maximum Gasteiger partial charge on any atom is 0.268 e. The summed E-state index contributed by atoms with van der Waals surface area (Å²) in [5.41, 5.74) is 1.29. The van der Waals surface area contributed by atoms with Gasteiger partial charge in [0, 0.05) is 17.1 Å². The van der Waals surface area contributed by atoms with E-state index in [-0.39, 0.29) is 4.90 Å². The van der Waals surface area contributed by atoms with Crippen LogP contribution in [0.15, 0.2) is 82.7 Å².